The third-order valence-electron chi connectivity index (χ3n) is 7.49. The molecule has 2 aromatic carbocycles. The lowest BCUT2D eigenvalue weighted by Crippen LogP contribution is -2.47. The minimum absolute atomic E-state index is 0.000590. The molecular formula is C30H37N3O5. The van der Waals surface area contributed by atoms with Crippen LogP contribution in [0.1, 0.15) is 49.7 Å². The largest absolute Gasteiger partial charge is 0.480 e. The van der Waals surface area contributed by atoms with Crippen LogP contribution < -0.4 is 10.6 Å². The number of hydrogen-bond donors (Lipinski definition) is 3. The molecule has 0 bridgehead atoms. The van der Waals surface area contributed by atoms with Gasteiger partial charge >= 0.3 is 5.97 Å². The van der Waals surface area contributed by atoms with Crippen LogP contribution in [-0.2, 0) is 32.0 Å². The Morgan fingerprint density at radius 1 is 0.895 bits per heavy atom. The summed E-state index contributed by atoms with van der Waals surface area (Å²) in [6.07, 6.45) is 3.74. The topological polar surface area (TPSA) is 116 Å². The molecule has 2 saturated heterocycles. The molecule has 2 aliphatic rings. The molecule has 4 rings (SSSR count). The van der Waals surface area contributed by atoms with Gasteiger partial charge in [0.25, 0.3) is 0 Å². The number of carboxylic acids is 1. The van der Waals surface area contributed by atoms with Crippen molar-refractivity contribution in [3.05, 3.63) is 71.8 Å². The van der Waals surface area contributed by atoms with E-state index in [0.29, 0.717) is 32.2 Å². The van der Waals surface area contributed by atoms with E-state index >= 15 is 0 Å². The van der Waals surface area contributed by atoms with Crippen molar-refractivity contribution < 1.29 is 24.3 Å². The van der Waals surface area contributed by atoms with Crippen molar-refractivity contribution in [3.8, 4) is 0 Å². The molecule has 202 valence electrons. The summed E-state index contributed by atoms with van der Waals surface area (Å²) in [5.41, 5.74) is 1.94. The average Bonchev–Trinajstić information content (AvgIpc) is 3.62. The maximum absolute atomic E-state index is 13.6. The number of nitrogens with one attached hydrogen (secondary N) is 2. The van der Waals surface area contributed by atoms with Crippen LogP contribution in [0.5, 0.6) is 0 Å². The lowest BCUT2D eigenvalue weighted by atomic mass is 9.90. The van der Waals surface area contributed by atoms with Crippen molar-refractivity contribution in [2.75, 3.05) is 13.1 Å². The van der Waals surface area contributed by atoms with Crippen molar-refractivity contribution >= 4 is 23.6 Å². The third-order valence-corrected chi connectivity index (χ3v) is 7.49. The van der Waals surface area contributed by atoms with Gasteiger partial charge in [-0.3, -0.25) is 14.4 Å². The molecule has 0 aromatic heterocycles. The predicted octanol–water partition coefficient (Wildman–Crippen LogP) is 2.75. The van der Waals surface area contributed by atoms with Gasteiger partial charge in [-0.15, -0.1) is 0 Å². The first-order valence-corrected chi connectivity index (χ1v) is 13.6. The van der Waals surface area contributed by atoms with Gasteiger partial charge in [0.1, 0.15) is 11.8 Å². The second kappa shape index (κ2) is 13.3. The lowest BCUT2D eigenvalue weighted by Gasteiger charge is -2.27. The van der Waals surface area contributed by atoms with Gasteiger partial charge in [-0.1, -0.05) is 60.7 Å². The molecule has 0 spiro atoms. The van der Waals surface area contributed by atoms with E-state index in [4.69, 9.17) is 0 Å². The highest BCUT2D eigenvalue weighted by Gasteiger charge is 2.38. The zero-order valence-corrected chi connectivity index (χ0v) is 21.7. The molecule has 8 heteroatoms. The maximum atomic E-state index is 13.6. The smallest absolute Gasteiger partial charge is 0.326 e. The van der Waals surface area contributed by atoms with Gasteiger partial charge in [0.15, 0.2) is 0 Å². The van der Waals surface area contributed by atoms with Crippen LogP contribution in [0.2, 0.25) is 0 Å². The number of likely N-dealkylation sites (tertiary alicyclic amines) is 1. The highest BCUT2D eigenvalue weighted by molar-refractivity contribution is 5.90. The number of nitrogens with zero attached hydrogens (tertiary/aromatic N) is 1. The molecule has 2 aromatic rings. The number of Topliss-reactive ketones (excluding diaryl/α,β-unsaturated/α-hetero) is 1. The normalized spacial score (nSPS) is 20.6. The van der Waals surface area contributed by atoms with E-state index < -0.39 is 24.0 Å². The van der Waals surface area contributed by atoms with E-state index in [9.17, 15) is 24.3 Å². The Morgan fingerprint density at radius 3 is 2.16 bits per heavy atom. The quantitative estimate of drug-likeness (QED) is 0.397. The average molecular weight is 520 g/mol. The highest BCUT2D eigenvalue weighted by atomic mass is 16.4. The summed E-state index contributed by atoms with van der Waals surface area (Å²) in [6.45, 7) is 1.19. The number of carboxylic acid groups (broad SMARTS) is 1. The molecular weight excluding hydrogens is 482 g/mol. The summed E-state index contributed by atoms with van der Waals surface area (Å²) in [4.78, 5) is 53.0. The van der Waals surface area contributed by atoms with Gasteiger partial charge in [-0.2, -0.15) is 0 Å². The van der Waals surface area contributed by atoms with Gasteiger partial charge in [-0.25, -0.2) is 4.79 Å². The molecule has 0 radical (unpaired) electrons. The zero-order valence-electron chi connectivity index (χ0n) is 21.7. The number of aliphatic carboxylic acids is 1. The van der Waals surface area contributed by atoms with Gasteiger partial charge in [-0.05, 0) is 56.2 Å². The summed E-state index contributed by atoms with van der Waals surface area (Å²) < 4.78 is 0. The molecule has 38 heavy (non-hydrogen) atoms. The Morgan fingerprint density at radius 2 is 1.55 bits per heavy atom. The van der Waals surface area contributed by atoms with E-state index in [-0.39, 0.29) is 36.5 Å². The third kappa shape index (κ3) is 7.51. The number of ketones is 1. The summed E-state index contributed by atoms with van der Waals surface area (Å²) in [7, 11) is 0. The first-order chi connectivity index (χ1) is 18.4. The van der Waals surface area contributed by atoms with Gasteiger partial charge in [0.05, 0.1) is 6.04 Å². The number of rotatable bonds is 12. The molecule has 2 heterocycles. The molecule has 2 fully saturated rings. The van der Waals surface area contributed by atoms with Crippen molar-refractivity contribution in [2.45, 2.75) is 69.5 Å². The number of carbonyl (C=O) groups excluding carboxylic acids is 3. The van der Waals surface area contributed by atoms with E-state index in [2.05, 4.69) is 10.6 Å². The van der Waals surface area contributed by atoms with E-state index in [0.717, 1.165) is 30.5 Å². The minimum Gasteiger partial charge on any atom is -0.480 e. The van der Waals surface area contributed by atoms with Gasteiger partial charge in [0, 0.05) is 31.3 Å². The Bertz CT molecular complexity index is 1100. The monoisotopic (exact) mass is 519 g/mol. The van der Waals surface area contributed by atoms with Crippen LogP contribution in [0.3, 0.4) is 0 Å². The molecule has 0 aliphatic carbocycles. The molecule has 4 atom stereocenters. The SMILES string of the molecule is O=C(C[C@H](Cc1ccccc1)NC(=O)[C@H]1CCCN1)C[C@@H](Cc1ccccc1)C(=O)N1CCC[C@@H]1C(=O)O. The van der Waals surface area contributed by atoms with E-state index in [1.807, 2.05) is 60.7 Å². The second-order valence-electron chi connectivity index (χ2n) is 10.4. The predicted molar refractivity (Wildman–Crippen MR) is 143 cm³/mol. The standard InChI is InChI=1S/C30H37N3O5/c34-25(20-24(18-22-11-5-2-6-12-22)32-28(35)26-13-7-15-31-26)19-23(17-21-9-3-1-4-10-21)29(36)33-16-8-14-27(33)30(37)38/h1-6,9-12,23-24,26-27,31H,7-8,13-20H2,(H,32,35)(H,37,38)/t23-,24+,26-,27-/m1/s1. The zero-order chi connectivity index (χ0) is 26.9. The summed E-state index contributed by atoms with van der Waals surface area (Å²) in [5.74, 6) is -2.17. The fourth-order valence-electron chi connectivity index (χ4n) is 5.58. The Hall–Kier alpha value is -3.52. The van der Waals surface area contributed by atoms with Crippen molar-refractivity contribution in [1.29, 1.82) is 0 Å². The van der Waals surface area contributed by atoms with Crippen LogP contribution in [0.15, 0.2) is 60.7 Å². The van der Waals surface area contributed by atoms with Crippen LogP contribution in [-0.4, -0.2) is 64.8 Å². The van der Waals surface area contributed by atoms with Crippen LogP contribution in [0.25, 0.3) is 0 Å². The molecule has 8 nitrogen and oxygen atoms in total. The fourth-order valence-corrected chi connectivity index (χ4v) is 5.58. The maximum Gasteiger partial charge on any atom is 0.326 e. The summed E-state index contributed by atoms with van der Waals surface area (Å²) >= 11 is 0. The number of benzene rings is 2. The van der Waals surface area contributed by atoms with Crippen molar-refractivity contribution in [2.24, 2.45) is 5.92 Å². The minimum atomic E-state index is -1.01. The summed E-state index contributed by atoms with van der Waals surface area (Å²) in [6, 6.07) is 17.7. The van der Waals surface area contributed by atoms with E-state index in [1.54, 1.807) is 0 Å². The Kier molecular flexibility index (Phi) is 9.65. The lowest BCUT2D eigenvalue weighted by molar-refractivity contribution is -0.150. The molecule has 0 saturated carbocycles. The van der Waals surface area contributed by atoms with Crippen LogP contribution in [0, 0.1) is 5.92 Å². The molecule has 3 N–H and O–H groups in total. The number of amides is 2. The molecule has 2 amide bonds. The first-order valence-electron chi connectivity index (χ1n) is 13.6. The highest BCUT2D eigenvalue weighted by Crippen LogP contribution is 2.24. The first kappa shape index (κ1) is 27.5. The second-order valence-corrected chi connectivity index (χ2v) is 10.4. The Balaban J connectivity index is 1.48. The van der Waals surface area contributed by atoms with Crippen molar-refractivity contribution in [3.63, 3.8) is 0 Å². The molecule has 2 aliphatic heterocycles. The summed E-state index contributed by atoms with van der Waals surface area (Å²) in [5, 5.41) is 15.9. The van der Waals surface area contributed by atoms with E-state index in [1.165, 1.54) is 4.90 Å². The van der Waals surface area contributed by atoms with Crippen molar-refractivity contribution in [1.82, 2.24) is 15.5 Å². The van der Waals surface area contributed by atoms with Gasteiger partial charge in [0.2, 0.25) is 11.8 Å². The number of carbonyl (C=O) groups is 4. The molecule has 0 unspecified atom stereocenters. The van der Waals surface area contributed by atoms with Crippen LogP contribution in [0.4, 0.5) is 0 Å². The fraction of sp³-hybridized carbons (Fsp3) is 0.467. The van der Waals surface area contributed by atoms with Gasteiger partial charge < -0.3 is 20.6 Å². The Labute approximate surface area is 223 Å². The number of hydrogen-bond acceptors (Lipinski definition) is 5. The van der Waals surface area contributed by atoms with Crippen LogP contribution >= 0.6 is 0 Å².